The Bertz CT molecular complexity index is 658. The summed E-state index contributed by atoms with van der Waals surface area (Å²) in [5.41, 5.74) is 1.03. The van der Waals surface area contributed by atoms with Gasteiger partial charge in [0.1, 0.15) is 17.5 Å². The Morgan fingerprint density at radius 2 is 1.96 bits per heavy atom. The van der Waals surface area contributed by atoms with Crippen LogP contribution in [0.25, 0.3) is 0 Å². The predicted molar refractivity (Wildman–Crippen MR) is 98.4 cm³/mol. The lowest BCUT2D eigenvalue weighted by atomic mass is 10.1. The predicted octanol–water partition coefficient (Wildman–Crippen LogP) is 4.97. The van der Waals surface area contributed by atoms with Gasteiger partial charge in [-0.05, 0) is 42.3 Å². The number of carboxylic acids is 1. The van der Waals surface area contributed by atoms with Gasteiger partial charge in [-0.1, -0.05) is 53.9 Å². The van der Waals surface area contributed by atoms with Crippen molar-refractivity contribution < 1.29 is 14.6 Å². The molecule has 4 nitrogen and oxygen atoms in total. The van der Waals surface area contributed by atoms with Gasteiger partial charge in [0.25, 0.3) is 0 Å². The van der Waals surface area contributed by atoms with Crippen LogP contribution in [-0.2, 0) is 11.3 Å². The molecule has 0 aromatic heterocycles. The Kier molecular flexibility index (Phi) is 7.28. The van der Waals surface area contributed by atoms with Crippen molar-refractivity contribution in [2.24, 2.45) is 0 Å². The maximum absolute atomic E-state index is 11.2. The van der Waals surface area contributed by atoms with Gasteiger partial charge in [-0.2, -0.15) is 0 Å². The minimum Gasteiger partial charge on any atom is -0.480 e. The van der Waals surface area contributed by atoms with Crippen LogP contribution >= 0.6 is 15.9 Å². The minimum absolute atomic E-state index is 0.498. The highest BCUT2D eigenvalue weighted by Gasteiger charge is 2.15. The molecule has 2 rings (SSSR count). The van der Waals surface area contributed by atoms with Crippen molar-refractivity contribution >= 4 is 21.9 Å². The van der Waals surface area contributed by atoms with Gasteiger partial charge in [0.05, 0.1) is 0 Å². The van der Waals surface area contributed by atoms with Crippen molar-refractivity contribution in [2.45, 2.75) is 38.8 Å². The molecule has 24 heavy (non-hydrogen) atoms. The second-order valence-electron chi connectivity index (χ2n) is 5.62. The first-order valence-electron chi connectivity index (χ1n) is 8.07. The Balaban J connectivity index is 1.90. The molecule has 0 bridgehead atoms. The number of ether oxygens (including phenoxy) is 1. The molecule has 0 heterocycles. The quantitative estimate of drug-likeness (QED) is 0.632. The number of hydrogen-bond acceptors (Lipinski definition) is 3. The average Bonchev–Trinajstić information content (AvgIpc) is 2.56. The van der Waals surface area contributed by atoms with Crippen LogP contribution in [0.1, 0.15) is 31.7 Å². The number of unbranched alkanes of at least 4 members (excludes halogenated alkanes) is 1. The van der Waals surface area contributed by atoms with E-state index in [0.717, 1.165) is 34.4 Å². The molecule has 0 aliphatic rings. The molecule has 0 spiro atoms. The van der Waals surface area contributed by atoms with E-state index in [-0.39, 0.29) is 0 Å². The van der Waals surface area contributed by atoms with Crippen LogP contribution in [0.5, 0.6) is 11.5 Å². The molecule has 128 valence electrons. The molecule has 0 fully saturated rings. The third kappa shape index (κ3) is 5.98. The van der Waals surface area contributed by atoms with E-state index in [0.29, 0.717) is 13.0 Å². The fourth-order valence-corrected chi connectivity index (χ4v) is 2.68. The third-order valence-corrected chi connectivity index (χ3v) is 4.15. The fourth-order valence-electron chi connectivity index (χ4n) is 2.30. The monoisotopic (exact) mass is 391 g/mol. The van der Waals surface area contributed by atoms with E-state index in [1.54, 1.807) is 0 Å². The van der Waals surface area contributed by atoms with Crippen molar-refractivity contribution in [3.8, 4) is 11.5 Å². The largest absolute Gasteiger partial charge is 0.480 e. The van der Waals surface area contributed by atoms with Crippen LogP contribution in [-0.4, -0.2) is 17.1 Å². The molecule has 0 radical (unpaired) electrons. The lowest BCUT2D eigenvalue weighted by molar-refractivity contribution is -0.139. The van der Waals surface area contributed by atoms with Crippen molar-refractivity contribution in [1.29, 1.82) is 0 Å². The molecular weight excluding hydrogens is 370 g/mol. The van der Waals surface area contributed by atoms with Gasteiger partial charge in [-0.25, -0.2) is 0 Å². The highest BCUT2D eigenvalue weighted by Crippen LogP contribution is 2.24. The summed E-state index contributed by atoms with van der Waals surface area (Å²) in [6.45, 7) is 2.58. The number of benzene rings is 2. The summed E-state index contributed by atoms with van der Waals surface area (Å²) >= 11 is 3.41. The van der Waals surface area contributed by atoms with E-state index < -0.39 is 12.0 Å². The number of rotatable bonds is 9. The molecule has 0 amide bonds. The summed E-state index contributed by atoms with van der Waals surface area (Å²) in [5, 5.41) is 12.3. The molecule has 2 aromatic rings. The topological polar surface area (TPSA) is 58.6 Å². The molecule has 5 heteroatoms. The molecule has 2 N–H and O–H groups in total. The zero-order chi connectivity index (χ0) is 17.4. The van der Waals surface area contributed by atoms with Gasteiger partial charge in [0.2, 0.25) is 0 Å². The lowest BCUT2D eigenvalue weighted by Gasteiger charge is -2.14. The smallest absolute Gasteiger partial charge is 0.320 e. The standard InChI is InChI=1S/C19H22BrNO3/c1-2-3-7-18(19(22)23)21-13-14-8-10-16(11-9-14)24-17-6-4-5-15(20)12-17/h4-6,8-12,18,21H,2-3,7,13H2,1H3,(H,22,23)/t18-/m0/s1. The van der Waals surface area contributed by atoms with E-state index >= 15 is 0 Å². The van der Waals surface area contributed by atoms with Crippen molar-refractivity contribution in [1.82, 2.24) is 5.32 Å². The molecule has 0 saturated heterocycles. The van der Waals surface area contributed by atoms with Gasteiger partial charge in [-0.3, -0.25) is 4.79 Å². The van der Waals surface area contributed by atoms with Gasteiger partial charge in [-0.15, -0.1) is 0 Å². The molecular formula is C19H22BrNO3. The van der Waals surface area contributed by atoms with Crippen LogP contribution in [0, 0.1) is 0 Å². The van der Waals surface area contributed by atoms with Gasteiger partial charge in [0, 0.05) is 11.0 Å². The first-order chi connectivity index (χ1) is 11.6. The van der Waals surface area contributed by atoms with Crippen LogP contribution in [0.2, 0.25) is 0 Å². The normalized spacial score (nSPS) is 11.9. The van der Waals surface area contributed by atoms with Gasteiger partial charge in [0.15, 0.2) is 0 Å². The second-order valence-corrected chi connectivity index (χ2v) is 6.53. The number of halogens is 1. The Morgan fingerprint density at radius 3 is 2.58 bits per heavy atom. The summed E-state index contributed by atoms with van der Waals surface area (Å²) < 4.78 is 6.75. The second kappa shape index (κ2) is 9.45. The van der Waals surface area contributed by atoms with Crippen LogP contribution in [0.3, 0.4) is 0 Å². The first kappa shape index (κ1) is 18.5. The number of hydrogen-bond donors (Lipinski definition) is 2. The SMILES string of the molecule is CCCC[C@H](NCc1ccc(Oc2cccc(Br)c2)cc1)C(=O)O. The van der Waals surface area contributed by atoms with Gasteiger partial charge >= 0.3 is 5.97 Å². The van der Waals surface area contributed by atoms with E-state index in [2.05, 4.69) is 28.2 Å². The lowest BCUT2D eigenvalue weighted by Crippen LogP contribution is -2.36. The van der Waals surface area contributed by atoms with E-state index in [9.17, 15) is 9.90 Å². The molecule has 0 saturated carbocycles. The summed E-state index contributed by atoms with van der Waals surface area (Å²) in [5.74, 6) is 0.719. The van der Waals surface area contributed by atoms with E-state index in [1.807, 2.05) is 48.5 Å². The summed E-state index contributed by atoms with van der Waals surface area (Å²) in [4.78, 5) is 11.2. The number of nitrogens with one attached hydrogen (secondary N) is 1. The maximum atomic E-state index is 11.2. The average molecular weight is 392 g/mol. The number of carbonyl (C=O) groups is 1. The highest BCUT2D eigenvalue weighted by atomic mass is 79.9. The molecule has 1 atom stereocenters. The molecule has 0 aliphatic heterocycles. The zero-order valence-corrected chi connectivity index (χ0v) is 15.3. The van der Waals surface area contributed by atoms with Crippen molar-refractivity contribution in [3.05, 3.63) is 58.6 Å². The summed E-state index contributed by atoms with van der Waals surface area (Å²) in [7, 11) is 0. The minimum atomic E-state index is -0.793. The fraction of sp³-hybridized carbons (Fsp3) is 0.316. The van der Waals surface area contributed by atoms with E-state index in [4.69, 9.17) is 4.74 Å². The zero-order valence-electron chi connectivity index (χ0n) is 13.7. The third-order valence-electron chi connectivity index (χ3n) is 3.65. The van der Waals surface area contributed by atoms with Crippen LogP contribution in [0.15, 0.2) is 53.0 Å². The Morgan fingerprint density at radius 1 is 1.21 bits per heavy atom. The molecule has 0 unspecified atom stereocenters. The van der Waals surface area contributed by atoms with Gasteiger partial charge < -0.3 is 15.2 Å². The summed E-state index contributed by atoms with van der Waals surface area (Å²) in [6.07, 6.45) is 2.55. The van der Waals surface area contributed by atoms with Crippen molar-refractivity contribution in [3.63, 3.8) is 0 Å². The maximum Gasteiger partial charge on any atom is 0.320 e. The van der Waals surface area contributed by atoms with Crippen LogP contribution < -0.4 is 10.1 Å². The first-order valence-corrected chi connectivity index (χ1v) is 8.86. The van der Waals surface area contributed by atoms with E-state index in [1.165, 1.54) is 0 Å². The summed E-state index contributed by atoms with van der Waals surface area (Å²) in [6, 6.07) is 14.8. The molecule has 2 aromatic carbocycles. The number of carboxylic acid groups (broad SMARTS) is 1. The molecule has 0 aliphatic carbocycles. The highest BCUT2D eigenvalue weighted by molar-refractivity contribution is 9.10. The Hall–Kier alpha value is -1.85. The number of aliphatic carboxylic acids is 1. The Labute approximate surface area is 151 Å². The van der Waals surface area contributed by atoms with Crippen molar-refractivity contribution in [2.75, 3.05) is 0 Å². The van der Waals surface area contributed by atoms with Crippen LogP contribution in [0.4, 0.5) is 0 Å².